The lowest BCUT2D eigenvalue weighted by atomic mass is 10.0. The maximum absolute atomic E-state index is 12.7. The van der Waals surface area contributed by atoms with Crippen molar-refractivity contribution in [3.8, 4) is 22.8 Å². The first-order chi connectivity index (χ1) is 13.1. The maximum atomic E-state index is 12.7. The predicted octanol–water partition coefficient (Wildman–Crippen LogP) is 2.54. The number of rotatable bonds is 5. The van der Waals surface area contributed by atoms with Crippen LogP contribution in [0.15, 0.2) is 36.8 Å². The predicted molar refractivity (Wildman–Crippen MR) is 99.0 cm³/mol. The number of anilines is 1. The molecule has 0 unspecified atom stereocenters. The van der Waals surface area contributed by atoms with Gasteiger partial charge in [0.2, 0.25) is 0 Å². The molecule has 0 bridgehead atoms. The molecule has 0 fully saturated rings. The monoisotopic (exact) mass is 365 g/mol. The van der Waals surface area contributed by atoms with Gasteiger partial charge in [0, 0.05) is 23.9 Å². The van der Waals surface area contributed by atoms with Gasteiger partial charge >= 0.3 is 0 Å². The van der Waals surface area contributed by atoms with E-state index in [2.05, 4.69) is 15.1 Å². The number of benzene rings is 1. The van der Waals surface area contributed by atoms with Crippen LogP contribution in [0.4, 0.5) is 5.95 Å². The molecule has 2 aromatic heterocycles. The summed E-state index contributed by atoms with van der Waals surface area (Å²) in [6.07, 6.45) is 3.36. The minimum absolute atomic E-state index is 0.0872. The minimum atomic E-state index is -0.0872. The maximum Gasteiger partial charge on any atom is 0.261 e. The Kier molecular flexibility index (Phi) is 4.23. The first-order valence-electron chi connectivity index (χ1n) is 8.57. The largest absolute Gasteiger partial charge is 0.491 e. The van der Waals surface area contributed by atoms with Crippen molar-refractivity contribution in [1.29, 1.82) is 0 Å². The molecule has 0 N–H and O–H groups in total. The zero-order chi connectivity index (χ0) is 19.0. The number of nitrogens with zero attached hydrogens (tertiary/aromatic N) is 5. The highest BCUT2D eigenvalue weighted by atomic mass is 16.5. The third-order valence-electron chi connectivity index (χ3n) is 4.56. The number of amides is 1. The number of ether oxygens (including phenoxy) is 2. The number of hydrogen-bond acceptors (Lipinski definition) is 6. The van der Waals surface area contributed by atoms with Gasteiger partial charge in [0.05, 0.1) is 20.8 Å². The fourth-order valence-electron chi connectivity index (χ4n) is 3.11. The standard InChI is InChI=1S/C19H19N5O3/c1-4-23-11-21-19(22-23)24-10-14-7-12(5-6-15(14)18(24)25)13-8-16(26-2)17(27-3)20-9-13/h5-9,11H,4,10H2,1-3H3. The Labute approximate surface area is 156 Å². The summed E-state index contributed by atoms with van der Waals surface area (Å²) in [6.45, 7) is 3.12. The van der Waals surface area contributed by atoms with Gasteiger partial charge in [0.1, 0.15) is 6.33 Å². The molecule has 3 aromatic rings. The number of aryl methyl sites for hydroxylation is 1. The molecule has 0 saturated heterocycles. The summed E-state index contributed by atoms with van der Waals surface area (Å²) < 4.78 is 12.2. The number of carbonyl (C=O) groups excluding carboxylic acids is 1. The second kappa shape index (κ2) is 6.71. The molecule has 0 aliphatic carbocycles. The topological polar surface area (TPSA) is 82.4 Å². The Morgan fingerprint density at radius 1 is 1.11 bits per heavy atom. The van der Waals surface area contributed by atoms with Crippen molar-refractivity contribution in [2.24, 2.45) is 0 Å². The van der Waals surface area contributed by atoms with Crippen molar-refractivity contribution in [2.75, 3.05) is 19.1 Å². The van der Waals surface area contributed by atoms with Crippen LogP contribution in [0.2, 0.25) is 0 Å². The Hall–Kier alpha value is -3.42. The van der Waals surface area contributed by atoms with Gasteiger partial charge in [-0.25, -0.2) is 9.97 Å². The third kappa shape index (κ3) is 2.88. The van der Waals surface area contributed by atoms with Crippen molar-refractivity contribution >= 4 is 11.9 Å². The molecule has 3 heterocycles. The molecule has 8 heteroatoms. The van der Waals surface area contributed by atoms with Gasteiger partial charge in [-0.15, -0.1) is 5.10 Å². The van der Waals surface area contributed by atoms with E-state index in [4.69, 9.17) is 9.47 Å². The number of methoxy groups -OCH3 is 2. The Balaban J connectivity index is 1.66. The van der Waals surface area contributed by atoms with Gasteiger partial charge in [-0.1, -0.05) is 6.07 Å². The molecule has 8 nitrogen and oxygen atoms in total. The molecule has 1 amide bonds. The van der Waals surface area contributed by atoms with E-state index in [0.29, 0.717) is 36.2 Å². The fraction of sp³-hybridized carbons (Fsp3) is 0.263. The molecular weight excluding hydrogens is 346 g/mol. The van der Waals surface area contributed by atoms with E-state index >= 15 is 0 Å². The average molecular weight is 365 g/mol. The molecule has 0 spiro atoms. The van der Waals surface area contributed by atoms with Crippen LogP contribution in [0.5, 0.6) is 11.6 Å². The van der Waals surface area contributed by atoms with E-state index in [1.54, 1.807) is 36.3 Å². The number of fused-ring (bicyclic) bond motifs is 1. The van der Waals surface area contributed by atoms with Crippen LogP contribution < -0.4 is 14.4 Å². The summed E-state index contributed by atoms with van der Waals surface area (Å²) in [5.74, 6) is 1.33. The van der Waals surface area contributed by atoms with Crippen LogP contribution in [0.1, 0.15) is 22.8 Å². The van der Waals surface area contributed by atoms with Crippen molar-refractivity contribution in [1.82, 2.24) is 19.7 Å². The van der Waals surface area contributed by atoms with E-state index in [0.717, 1.165) is 16.7 Å². The summed E-state index contributed by atoms with van der Waals surface area (Å²) >= 11 is 0. The zero-order valence-electron chi connectivity index (χ0n) is 15.3. The van der Waals surface area contributed by atoms with E-state index in [9.17, 15) is 4.79 Å². The van der Waals surface area contributed by atoms with Gasteiger partial charge in [-0.05, 0) is 36.2 Å². The van der Waals surface area contributed by atoms with Gasteiger partial charge < -0.3 is 9.47 Å². The quantitative estimate of drug-likeness (QED) is 0.691. The average Bonchev–Trinajstić information content (AvgIpc) is 3.31. The Morgan fingerprint density at radius 2 is 1.96 bits per heavy atom. The zero-order valence-corrected chi connectivity index (χ0v) is 15.3. The van der Waals surface area contributed by atoms with Gasteiger partial charge in [0.15, 0.2) is 5.75 Å². The smallest absolute Gasteiger partial charge is 0.261 e. The van der Waals surface area contributed by atoms with E-state index in [1.165, 1.54) is 0 Å². The Bertz CT molecular complexity index is 1010. The van der Waals surface area contributed by atoms with Crippen molar-refractivity contribution in [3.05, 3.63) is 47.9 Å². The van der Waals surface area contributed by atoms with Crippen LogP contribution in [-0.2, 0) is 13.1 Å². The van der Waals surface area contributed by atoms with Crippen LogP contribution in [0.25, 0.3) is 11.1 Å². The van der Waals surface area contributed by atoms with Crippen molar-refractivity contribution in [2.45, 2.75) is 20.0 Å². The molecule has 27 heavy (non-hydrogen) atoms. The minimum Gasteiger partial charge on any atom is -0.491 e. The highest BCUT2D eigenvalue weighted by Gasteiger charge is 2.31. The number of carbonyl (C=O) groups is 1. The molecule has 1 aromatic carbocycles. The number of aromatic nitrogens is 4. The van der Waals surface area contributed by atoms with Gasteiger partial charge in [-0.3, -0.25) is 14.4 Å². The molecular formula is C19H19N5O3. The number of hydrogen-bond donors (Lipinski definition) is 0. The summed E-state index contributed by atoms with van der Waals surface area (Å²) in [5.41, 5.74) is 3.43. The first-order valence-corrected chi connectivity index (χ1v) is 8.57. The normalized spacial score (nSPS) is 13.0. The van der Waals surface area contributed by atoms with Gasteiger partial charge in [-0.2, -0.15) is 0 Å². The second-order valence-corrected chi connectivity index (χ2v) is 6.10. The molecule has 1 aliphatic rings. The van der Waals surface area contributed by atoms with E-state index in [-0.39, 0.29) is 5.91 Å². The van der Waals surface area contributed by atoms with Crippen molar-refractivity contribution in [3.63, 3.8) is 0 Å². The molecule has 1 aliphatic heterocycles. The second-order valence-electron chi connectivity index (χ2n) is 6.10. The van der Waals surface area contributed by atoms with Crippen LogP contribution in [-0.4, -0.2) is 39.9 Å². The van der Waals surface area contributed by atoms with Crippen LogP contribution in [0, 0.1) is 0 Å². The fourth-order valence-corrected chi connectivity index (χ4v) is 3.11. The lowest BCUT2D eigenvalue weighted by molar-refractivity contribution is 0.0995. The van der Waals surface area contributed by atoms with Gasteiger partial charge in [0.25, 0.3) is 17.7 Å². The molecule has 0 atom stereocenters. The molecule has 0 radical (unpaired) electrons. The van der Waals surface area contributed by atoms with Crippen molar-refractivity contribution < 1.29 is 14.3 Å². The molecule has 4 rings (SSSR count). The molecule has 138 valence electrons. The van der Waals surface area contributed by atoms with Crippen LogP contribution in [0.3, 0.4) is 0 Å². The highest BCUT2D eigenvalue weighted by Crippen LogP contribution is 2.33. The third-order valence-corrected chi connectivity index (χ3v) is 4.56. The van der Waals surface area contributed by atoms with Crippen LogP contribution >= 0.6 is 0 Å². The lowest BCUT2D eigenvalue weighted by Crippen LogP contribution is -2.24. The highest BCUT2D eigenvalue weighted by molar-refractivity contribution is 6.09. The summed E-state index contributed by atoms with van der Waals surface area (Å²) in [5, 5.41) is 4.34. The number of pyridine rings is 1. The summed E-state index contributed by atoms with van der Waals surface area (Å²) in [6, 6.07) is 7.60. The summed E-state index contributed by atoms with van der Waals surface area (Å²) in [7, 11) is 3.12. The SMILES string of the molecule is CCn1cnc(N2Cc3cc(-c4cnc(OC)c(OC)c4)ccc3C2=O)n1. The Morgan fingerprint density at radius 3 is 2.67 bits per heavy atom. The van der Waals surface area contributed by atoms with E-state index < -0.39 is 0 Å². The first kappa shape index (κ1) is 17.0. The van der Waals surface area contributed by atoms with E-state index in [1.807, 2.05) is 31.2 Å². The summed E-state index contributed by atoms with van der Waals surface area (Å²) in [4.78, 5) is 22.8. The lowest BCUT2D eigenvalue weighted by Gasteiger charge is -2.10. The molecule has 0 saturated carbocycles.